The minimum atomic E-state index is -0.146. The molecule has 0 aliphatic carbocycles. The third-order valence-corrected chi connectivity index (χ3v) is 2.58. The van der Waals surface area contributed by atoms with Crippen LogP contribution in [-0.4, -0.2) is 32.3 Å². The summed E-state index contributed by atoms with van der Waals surface area (Å²) in [6.45, 7) is 5.12. The molecular weight excluding hydrogens is 228 g/mol. The molecule has 0 aliphatic heterocycles. The fourth-order valence-corrected chi connectivity index (χ4v) is 1.75. The molecule has 18 heavy (non-hydrogen) atoms. The number of rotatable bonds is 6. The number of methoxy groups -OCH3 is 1. The fraction of sp³-hybridized carbons (Fsp3) is 0.500. The van der Waals surface area contributed by atoms with E-state index in [1.54, 1.807) is 7.11 Å². The molecule has 1 unspecified atom stereocenters. The number of carbonyl (C=O) groups excluding carboxylic acids is 1. The van der Waals surface area contributed by atoms with Gasteiger partial charge in [-0.05, 0) is 25.8 Å². The van der Waals surface area contributed by atoms with Crippen molar-refractivity contribution in [1.29, 1.82) is 0 Å². The first-order valence-corrected chi connectivity index (χ1v) is 6.20. The summed E-state index contributed by atoms with van der Waals surface area (Å²) in [5, 5.41) is 5.64. The van der Waals surface area contributed by atoms with E-state index in [1.807, 2.05) is 13.0 Å². The van der Waals surface area contributed by atoms with Gasteiger partial charge in [-0.15, -0.1) is 0 Å². The Morgan fingerprint density at radius 3 is 2.89 bits per heavy atom. The molecule has 0 aromatic heterocycles. The Bertz CT molecular complexity index is 380. The van der Waals surface area contributed by atoms with Crippen molar-refractivity contribution in [2.24, 2.45) is 0 Å². The molecule has 100 valence electrons. The third kappa shape index (κ3) is 5.68. The van der Waals surface area contributed by atoms with Crippen LogP contribution in [0.5, 0.6) is 0 Å². The van der Waals surface area contributed by atoms with Gasteiger partial charge in [-0.25, -0.2) is 4.79 Å². The van der Waals surface area contributed by atoms with Crippen LogP contribution in [0.2, 0.25) is 0 Å². The maximum absolute atomic E-state index is 11.5. The molecule has 0 saturated carbocycles. The van der Waals surface area contributed by atoms with E-state index in [9.17, 15) is 4.79 Å². The summed E-state index contributed by atoms with van der Waals surface area (Å²) in [4.78, 5) is 11.5. The van der Waals surface area contributed by atoms with Gasteiger partial charge in [-0.1, -0.05) is 29.8 Å². The predicted octanol–water partition coefficient (Wildman–Crippen LogP) is 1.87. The van der Waals surface area contributed by atoms with E-state index in [0.717, 1.165) is 6.42 Å². The molecule has 0 fully saturated rings. The Morgan fingerprint density at radius 2 is 2.22 bits per heavy atom. The van der Waals surface area contributed by atoms with Gasteiger partial charge in [-0.3, -0.25) is 0 Å². The quantitative estimate of drug-likeness (QED) is 0.810. The average Bonchev–Trinajstić information content (AvgIpc) is 2.29. The zero-order chi connectivity index (χ0) is 13.4. The average molecular weight is 250 g/mol. The summed E-state index contributed by atoms with van der Waals surface area (Å²) in [6.07, 6.45) is 0.841. The number of nitrogens with one attached hydrogen (secondary N) is 2. The van der Waals surface area contributed by atoms with Crippen LogP contribution in [0.1, 0.15) is 18.1 Å². The van der Waals surface area contributed by atoms with Gasteiger partial charge in [-0.2, -0.15) is 0 Å². The normalized spacial score (nSPS) is 11.9. The van der Waals surface area contributed by atoms with E-state index in [2.05, 4.69) is 35.8 Å². The van der Waals surface area contributed by atoms with Gasteiger partial charge in [0.2, 0.25) is 0 Å². The minimum Gasteiger partial charge on any atom is -0.383 e. The molecule has 0 radical (unpaired) electrons. The lowest BCUT2D eigenvalue weighted by Gasteiger charge is -2.13. The smallest absolute Gasteiger partial charge is 0.315 e. The zero-order valence-corrected chi connectivity index (χ0v) is 11.3. The second kappa shape index (κ2) is 7.71. The van der Waals surface area contributed by atoms with Crippen molar-refractivity contribution >= 4 is 6.03 Å². The van der Waals surface area contributed by atoms with Crippen LogP contribution in [0.25, 0.3) is 0 Å². The van der Waals surface area contributed by atoms with E-state index in [0.29, 0.717) is 13.2 Å². The first-order chi connectivity index (χ1) is 8.61. The lowest BCUT2D eigenvalue weighted by molar-refractivity contribution is 0.171. The molecule has 2 amide bonds. The Hall–Kier alpha value is -1.55. The first kappa shape index (κ1) is 14.5. The summed E-state index contributed by atoms with van der Waals surface area (Å²) in [7, 11) is 1.62. The van der Waals surface area contributed by atoms with Crippen LogP contribution >= 0.6 is 0 Å². The summed E-state index contributed by atoms with van der Waals surface area (Å²) >= 11 is 0. The van der Waals surface area contributed by atoms with Crippen LogP contribution in [0.15, 0.2) is 24.3 Å². The standard InChI is InChI=1S/C14H22N2O2/c1-11-5-4-6-13(9-11)7-8-15-14(17)16-12(2)10-18-3/h4-6,9,12H,7-8,10H2,1-3H3,(H2,15,16,17). The molecule has 2 N–H and O–H groups in total. The van der Waals surface area contributed by atoms with Crippen LogP contribution in [-0.2, 0) is 11.2 Å². The van der Waals surface area contributed by atoms with Gasteiger partial charge in [0, 0.05) is 13.7 Å². The van der Waals surface area contributed by atoms with Crippen molar-refractivity contribution in [3.63, 3.8) is 0 Å². The van der Waals surface area contributed by atoms with Gasteiger partial charge in [0.1, 0.15) is 0 Å². The molecule has 1 aromatic rings. The molecule has 0 aliphatic rings. The van der Waals surface area contributed by atoms with E-state index < -0.39 is 0 Å². The molecule has 0 heterocycles. The second-order valence-corrected chi connectivity index (χ2v) is 4.50. The highest BCUT2D eigenvalue weighted by Gasteiger charge is 2.05. The molecular formula is C14H22N2O2. The minimum absolute atomic E-state index is 0.0222. The topological polar surface area (TPSA) is 50.4 Å². The van der Waals surface area contributed by atoms with Crippen molar-refractivity contribution in [2.45, 2.75) is 26.3 Å². The molecule has 1 atom stereocenters. The molecule has 0 spiro atoms. The van der Waals surface area contributed by atoms with Crippen molar-refractivity contribution in [3.8, 4) is 0 Å². The maximum atomic E-state index is 11.5. The number of ether oxygens (including phenoxy) is 1. The summed E-state index contributed by atoms with van der Waals surface area (Å²) in [5.74, 6) is 0. The lowest BCUT2D eigenvalue weighted by Crippen LogP contribution is -2.43. The largest absolute Gasteiger partial charge is 0.383 e. The Kier molecular flexibility index (Phi) is 6.22. The predicted molar refractivity (Wildman–Crippen MR) is 72.8 cm³/mol. The van der Waals surface area contributed by atoms with Crippen molar-refractivity contribution in [3.05, 3.63) is 35.4 Å². The highest BCUT2D eigenvalue weighted by molar-refractivity contribution is 5.74. The summed E-state index contributed by atoms with van der Waals surface area (Å²) in [6, 6.07) is 8.18. The van der Waals surface area contributed by atoms with Gasteiger partial charge in [0.25, 0.3) is 0 Å². The Balaban J connectivity index is 2.23. The Morgan fingerprint density at radius 1 is 1.44 bits per heavy atom. The van der Waals surface area contributed by atoms with Crippen molar-refractivity contribution < 1.29 is 9.53 Å². The molecule has 1 aromatic carbocycles. The zero-order valence-electron chi connectivity index (χ0n) is 11.3. The molecule has 4 heteroatoms. The number of hydrogen-bond acceptors (Lipinski definition) is 2. The summed E-state index contributed by atoms with van der Waals surface area (Å²) < 4.78 is 4.95. The first-order valence-electron chi connectivity index (χ1n) is 6.20. The molecule has 1 rings (SSSR count). The number of aryl methyl sites for hydroxylation is 1. The number of urea groups is 1. The van der Waals surface area contributed by atoms with Crippen LogP contribution in [0.4, 0.5) is 4.79 Å². The van der Waals surface area contributed by atoms with Crippen LogP contribution < -0.4 is 10.6 Å². The summed E-state index contributed by atoms with van der Waals surface area (Å²) in [5.41, 5.74) is 2.48. The molecule has 0 bridgehead atoms. The lowest BCUT2D eigenvalue weighted by atomic mass is 10.1. The van der Waals surface area contributed by atoms with Gasteiger partial charge in [0.05, 0.1) is 12.6 Å². The monoisotopic (exact) mass is 250 g/mol. The van der Waals surface area contributed by atoms with E-state index in [-0.39, 0.29) is 12.1 Å². The number of carbonyl (C=O) groups is 1. The van der Waals surface area contributed by atoms with Gasteiger partial charge >= 0.3 is 6.03 Å². The molecule has 4 nitrogen and oxygen atoms in total. The number of benzene rings is 1. The van der Waals surface area contributed by atoms with Crippen LogP contribution in [0.3, 0.4) is 0 Å². The van der Waals surface area contributed by atoms with E-state index in [1.165, 1.54) is 11.1 Å². The van der Waals surface area contributed by atoms with E-state index >= 15 is 0 Å². The SMILES string of the molecule is COCC(C)NC(=O)NCCc1cccc(C)c1. The van der Waals surface area contributed by atoms with Gasteiger partial charge < -0.3 is 15.4 Å². The highest BCUT2D eigenvalue weighted by Crippen LogP contribution is 2.03. The van der Waals surface area contributed by atoms with Crippen molar-refractivity contribution in [2.75, 3.05) is 20.3 Å². The third-order valence-electron chi connectivity index (χ3n) is 2.58. The van der Waals surface area contributed by atoms with Crippen molar-refractivity contribution in [1.82, 2.24) is 10.6 Å². The Labute approximate surface area is 109 Å². The maximum Gasteiger partial charge on any atom is 0.315 e. The second-order valence-electron chi connectivity index (χ2n) is 4.50. The van der Waals surface area contributed by atoms with Crippen LogP contribution in [0, 0.1) is 6.92 Å². The highest BCUT2D eigenvalue weighted by atomic mass is 16.5. The van der Waals surface area contributed by atoms with E-state index in [4.69, 9.17) is 4.74 Å². The van der Waals surface area contributed by atoms with Gasteiger partial charge in [0.15, 0.2) is 0 Å². The fourth-order valence-electron chi connectivity index (χ4n) is 1.75. The number of hydrogen-bond donors (Lipinski definition) is 2. The number of amides is 2. The molecule has 0 saturated heterocycles.